The van der Waals surface area contributed by atoms with Crippen LogP contribution in [0.25, 0.3) is 0 Å². The molecule has 5 heteroatoms. The first kappa shape index (κ1) is 13.9. The number of carbonyl (C=O) groups excluding carboxylic acids is 1. The maximum atomic E-state index is 12.3. The number of carbonyl (C=O) groups is 1. The molecule has 0 radical (unpaired) electrons. The number of nitrogens with one attached hydrogen (secondary N) is 1. The number of phenols is 1. The minimum absolute atomic E-state index is 0.0302. The smallest absolute Gasteiger partial charge is 0.255 e. The Morgan fingerprint density at radius 1 is 1.29 bits per heavy atom. The molecule has 0 aliphatic heterocycles. The van der Waals surface area contributed by atoms with Crippen molar-refractivity contribution in [2.75, 3.05) is 5.73 Å². The van der Waals surface area contributed by atoms with Gasteiger partial charge in [0.25, 0.3) is 5.91 Å². The highest BCUT2D eigenvalue weighted by Crippen LogP contribution is 2.33. The van der Waals surface area contributed by atoms with Gasteiger partial charge in [0.05, 0.1) is 11.6 Å². The predicted octanol–water partition coefficient (Wildman–Crippen LogP) is 3.15. The third-order valence-corrected chi connectivity index (χ3v) is 4.25. The van der Waals surface area contributed by atoms with Crippen molar-refractivity contribution in [3.05, 3.63) is 57.6 Å². The number of anilines is 1. The molecule has 0 heterocycles. The summed E-state index contributed by atoms with van der Waals surface area (Å²) in [6.07, 6.45) is 1.75. The third kappa shape index (κ3) is 2.74. The zero-order valence-corrected chi connectivity index (χ0v) is 12.9. The third-order valence-electron chi connectivity index (χ3n) is 3.75. The number of halogens is 1. The number of aromatic hydroxyl groups is 1. The first-order chi connectivity index (χ1) is 10.0. The normalized spacial score (nSPS) is 16.5. The van der Waals surface area contributed by atoms with Gasteiger partial charge in [0.15, 0.2) is 0 Å². The Kier molecular flexibility index (Phi) is 3.59. The lowest BCUT2D eigenvalue weighted by Crippen LogP contribution is -2.27. The fourth-order valence-electron chi connectivity index (χ4n) is 2.72. The van der Waals surface area contributed by atoms with Crippen LogP contribution in [-0.2, 0) is 6.42 Å². The van der Waals surface area contributed by atoms with Crippen LogP contribution in [0.5, 0.6) is 5.75 Å². The molecule has 4 nitrogen and oxygen atoms in total. The zero-order valence-electron chi connectivity index (χ0n) is 11.3. The van der Waals surface area contributed by atoms with Gasteiger partial charge in [-0.2, -0.15) is 0 Å². The molecule has 108 valence electrons. The summed E-state index contributed by atoms with van der Waals surface area (Å²) in [5, 5.41) is 12.8. The Labute approximate surface area is 131 Å². The molecule has 21 heavy (non-hydrogen) atoms. The van der Waals surface area contributed by atoms with Gasteiger partial charge >= 0.3 is 0 Å². The van der Waals surface area contributed by atoms with E-state index in [1.165, 1.54) is 11.6 Å². The monoisotopic (exact) mass is 346 g/mol. The molecule has 1 unspecified atom stereocenters. The minimum atomic E-state index is -0.269. The van der Waals surface area contributed by atoms with Crippen molar-refractivity contribution in [1.29, 1.82) is 0 Å². The molecule has 3 rings (SSSR count). The molecule has 1 amide bonds. The highest BCUT2D eigenvalue weighted by molar-refractivity contribution is 9.10. The number of benzene rings is 2. The summed E-state index contributed by atoms with van der Waals surface area (Å²) in [7, 11) is 0. The second-order valence-electron chi connectivity index (χ2n) is 5.18. The van der Waals surface area contributed by atoms with Crippen LogP contribution in [0.2, 0.25) is 0 Å². The Hall–Kier alpha value is -2.01. The van der Waals surface area contributed by atoms with Crippen molar-refractivity contribution in [2.45, 2.75) is 18.9 Å². The van der Waals surface area contributed by atoms with Crippen LogP contribution in [-0.4, -0.2) is 11.0 Å². The van der Waals surface area contributed by atoms with Crippen molar-refractivity contribution in [2.24, 2.45) is 0 Å². The molecule has 0 saturated carbocycles. The SMILES string of the molecule is Nc1ccc2c(c1)CCC2NC(=O)c1ccc(Br)cc1O. The van der Waals surface area contributed by atoms with Crippen LogP contribution in [0.1, 0.15) is 33.9 Å². The summed E-state index contributed by atoms with van der Waals surface area (Å²) in [6.45, 7) is 0. The average molecular weight is 347 g/mol. The fraction of sp³-hybridized carbons (Fsp3) is 0.188. The topological polar surface area (TPSA) is 75.3 Å². The summed E-state index contributed by atoms with van der Waals surface area (Å²) >= 11 is 3.26. The number of nitrogen functional groups attached to an aromatic ring is 1. The zero-order chi connectivity index (χ0) is 15.0. The molecule has 1 aliphatic carbocycles. The first-order valence-electron chi connectivity index (χ1n) is 6.72. The number of fused-ring (bicyclic) bond motifs is 1. The molecular weight excluding hydrogens is 332 g/mol. The van der Waals surface area contributed by atoms with Gasteiger partial charge in [-0.25, -0.2) is 0 Å². The lowest BCUT2D eigenvalue weighted by Gasteiger charge is -2.15. The van der Waals surface area contributed by atoms with E-state index in [-0.39, 0.29) is 23.3 Å². The van der Waals surface area contributed by atoms with Gasteiger partial charge in [0, 0.05) is 10.2 Å². The Morgan fingerprint density at radius 2 is 2.10 bits per heavy atom. The first-order valence-corrected chi connectivity index (χ1v) is 7.51. The largest absolute Gasteiger partial charge is 0.507 e. The second-order valence-corrected chi connectivity index (χ2v) is 6.10. The van der Waals surface area contributed by atoms with E-state index < -0.39 is 0 Å². The highest BCUT2D eigenvalue weighted by atomic mass is 79.9. The van der Waals surface area contributed by atoms with Gasteiger partial charge in [-0.15, -0.1) is 0 Å². The number of rotatable bonds is 2. The van der Waals surface area contributed by atoms with Gasteiger partial charge < -0.3 is 16.2 Å². The number of amides is 1. The van der Waals surface area contributed by atoms with Crippen LogP contribution in [0.4, 0.5) is 5.69 Å². The van der Waals surface area contributed by atoms with Gasteiger partial charge in [0.2, 0.25) is 0 Å². The van der Waals surface area contributed by atoms with Gasteiger partial charge in [0.1, 0.15) is 5.75 Å². The predicted molar refractivity (Wildman–Crippen MR) is 85.2 cm³/mol. The van der Waals surface area contributed by atoms with Crippen molar-refractivity contribution >= 4 is 27.5 Å². The molecule has 1 atom stereocenters. The maximum Gasteiger partial charge on any atom is 0.255 e. The molecule has 2 aromatic carbocycles. The van der Waals surface area contributed by atoms with E-state index in [1.54, 1.807) is 12.1 Å². The maximum absolute atomic E-state index is 12.3. The van der Waals surface area contributed by atoms with Crippen molar-refractivity contribution in [3.63, 3.8) is 0 Å². The quantitative estimate of drug-likeness (QED) is 0.731. The van der Waals surface area contributed by atoms with Crippen molar-refractivity contribution in [3.8, 4) is 5.75 Å². The van der Waals surface area contributed by atoms with Crippen LogP contribution < -0.4 is 11.1 Å². The lowest BCUT2D eigenvalue weighted by molar-refractivity contribution is 0.0934. The summed E-state index contributed by atoms with van der Waals surface area (Å²) in [5.41, 5.74) is 9.09. The van der Waals surface area contributed by atoms with Crippen LogP contribution in [0, 0.1) is 0 Å². The molecule has 1 aliphatic rings. The molecule has 4 N–H and O–H groups in total. The number of aryl methyl sites for hydroxylation is 1. The van der Waals surface area contributed by atoms with Crippen LogP contribution >= 0.6 is 15.9 Å². The van der Waals surface area contributed by atoms with E-state index in [0.717, 1.165) is 28.6 Å². The summed E-state index contributed by atoms with van der Waals surface area (Å²) in [4.78, 5) is 12.3. The molecule has 0 spiro atoms. The molecule has 2 aromatic rings. The van der Waals surface area contributed by atoms with Crippen molar-refractivity contribution in [1.82, 2.24) is 5.32 Å². The van der Waals surface area contributed by atoms with E-state index in [2.05, 4.69) is 21.2 Å². The summed E-state index contributed by atoms with van der Waals surface area (Å²) in [5.74, 6) is -0.299. The second kappa shape index (κ2) is 5.41. The van der Waals surface area contributed by atoms with Gasteiger partial charge in [-0.1, -0.05) is 22.0 Å². The van der Waals surface area contributed by atoms with E-state index in [1.807, 2.05) is 18.2 Å². The Bertz CT molecular complexity index is 715. The number of hydrogen-bond acceptors (Lipinski definition) is 3. The van der Waals surface area contributed by atoms with Crippen molar-refractivity contribution < 1.29 is 9.90 Å². The summed E-state index contributed by atoms with van der Waals surface area (Å²) < 4.78 is 0.734. The van der Waals surface area contributed by atoms with Crippen LogP contribution in [0.15, 0.2) is 40.9 Å². The molecule has 0 aromatic heterocycles. The molecule has 0 bridgehead atoms. The Morgan fingerprint density at radius 3 is 2.86 bits per heavy atom. The van der Waals surface area contributed by atoms with Crippen LogP contribution in [0.3, 0.4) is 0 Å². The number of phenolic OH excluding ortho intramolecular Hbond substituents is 1. The number of nitrogens with two attached hydrogens (primary N) is 1. The van der Waals surface area contributed by atoms with E-state index in [4.69, 9.17) is 5.73 Å². The minimum Gasteiger partial charge on any atom is -0.507 e. The standard InChI is InChI=1S/C16H15BrN2O2/c17-10-2-4-13(15(20)8-10)16(21)19-14-6-1-9-7-11(18)3-5-12(9)14/h2-5,7-8,14,20H,1,6,18H2,(H,19,21). The summed E-state index contributed by atoms with van der Waals surface area (Å²) in [6, 6.07) is 10.6. The molecular formula is C16H15BrN2O2. The average Bonchev–Trinajstić information content (AvgIpc) is 2.80. The van der Waals surface area contributed by atoms with E-state index >= 15 is 0 Å². The lowest BCUT2D eigenvalue weighted by atomic mass is 10.1. The van der Waals surface area contributed by atoms with E-state index in [0.29, 0.717) is 0 Å². The fourth-order valence-corrected chi connectivity index (χ4v) is 3.07. The number of hydrogen-bond donors (Lipinski definition) is 3. The molecule has 0 saturated heterocycles. The highest BCUT2D eigenvalue weighted by Gasteiger charge is 2.25. The van der Waals surface area contributed by atoms with Gasteiger partial charge in [-0.05, 0) is 54.3 Å². The van der Waals surface area contributed by atoms with Gasteiger partial charge in [-0.3, -0.25) is 4.79 Å². The Balaban J connectivity index is 1.81. The van der Waals surface area contributed by atoms with E-state index in [9.17, 15) is 9.90 Å². The molecule has 0 fully saturated rings.